The lowest BCUT2D eigenvalue weighted by atomic mass is 10.1. The molecule has 10 nitrogen and oxygen atoms in total. The van der Waals surface area contributed by atoms with Gasteiger partial charge in [0.1, 0.15) is 9.88 Å². The van der Waals surface area contributed by atoms with Gasteiger partial charge in [0.25, 0.3) is 11.5 Å². The lowest BCUT2D eigenvalue weighted by Gasteiger charge is -2.34. The Morgan fingerprint density at radius 2 is 1.79 bits per heavy atom. The molecule has 11 heteroatoms. The number of hydrogen-bond donors (Lipinski definition) is 1. The third-order valence-electron chi connectivity index (χ3n) is 5.86. The van der Waals surface area contributed by atoms with Crippen LogP contribution in [0.3, 0.4) is 0 Å². The first-order valence-corrected chi connectivity index (χ1v) is 11.7. The molecule has 1 saturated heterocycles. The van der Waals surface area contributed by atoms with Crippen molar-refractivity contribution in [2.24, 2.45) is 7.05 Å². The van der Waals surface area contributed by atoms with E-state index in [2.05, 4.69) is 35.2 Å². The van der Waals surface area contributed by atoms with Crippen molar-refractivity contribution in [2.75, 3.05) is 44.2 Å². The Bertz CT molecular complexity index is 1200. The summed E-state index contributed by atoms with van der Waals surface area (Å²) in [6.45, 7) is 10.3. The molecule has 0 atom stereocenters. The molecule has 3 aromatic heterocycles. The summed E-state index contributed by atoms with van der Waals surface area (Å²) in [6, 6.07) is 1.81. The molecular weight excluding hydrogens is 440 g/mol. The van der Waals surface area contributed by atoms with Crippen LogP contribution in [0.15, 0.2) is 23.3 Å². The Morgan fingerprint density at radius 1 is 1.09 bits per heavy atom. The molecule has 4 heterocycles. The highest BCUT2D eigenvalue weighted by molar-refractivity contribution is 7.17. The number of carbonyl (C=O) groups is 1. The third-order valence-corrected chi connectivity index (χ3v) is 7.04. The molecule has 0 aromatic carbocycles. The fourth-order valence-electron chi connectivity index (χ4n) is 3.85. The van der Waals surface area contributed by atoms with Gasteiger partial charge < -0.3 is 10.2 Å². The highest BCUT2D eigenvalue weighted by Crippen LogP contribution is 2.28. The minimum atomic E-state index is -0.209. The van der Waals surface area contributed by atoms with Gasteiger partial charge in [-0.3, -0.25) is 14.5 Å². The van der Waals surface area contributed by atoms with Crippen molar-refractivity contribution < 1.29 is 4.79 Å². The number of aromatic nitrogens is 5. The van der Waals surface area contributed by atoms with Crippen LogP contribution >= 0.6 is 11.3 Å². The lowest BCUT2D eigenvalue weighted by molar-refractivity contribution is 0.0951. The Hall–Kier alpha value is -3.18. The van der Waals surface area contributed by atoms with E-state index >= 15 is 0 Å². The second kappa shape index (κ2) is 9.75. The summed E-state index contributed by atoms with van der Waals surface area (Å²) >= 11 is 1.25. The van der Waals surface area contributed by atoms with Gasteiger partial charge in [-0.25, -0.2) is 19.6 Å². The first-order valence-electron chi connectivity index (χ1n) is 10.9. The molecule has 1 N–H and O–H groups in total. The standard InChI is InChI=1S/C22H28N8O2S/c1-14-15(2)27-28(4)21(32)17(14)20-26-16(3)18(33-20)19(31)23-8-9-29-10-12-30(13-11-29)22-24-6-5-7-25-22/h5-7H,8-13H2,1-4H3,(H,23,31). The highest BCUT2D eigenvalue weighted by atomic mass is 32.1. The van der Waals surface area contributed by atoms with E-state index in [1.165, 1.54) is 16.0 Å². The van der Waals surface area contributed by atoms with Gasteiger partial charge in [-0.05, 0) is 32.4 Å². The van der Waals surface area contributed by atoms with Crippen molar-refractivity contribution in [1.29, 1.82) is 0 Å². The SMILES string of the molecule is Cc1nc(-c2c(C)c(C)nn(C)c2=O)sc1C(=O)NCCN1CCN(c2ncccn2)CC1. The van der Waals surface area contributed by atoms with Gasteiger partial charge in [-0.1, -0.05) is 0 Å². The number of rotatable bonds is 6. The van der Waals surface area contributed by atoms with Crippen LogP contribution in [-0.2, 0) is 7.05 Å². The minimum absolute atomic E-state index is 0.159. The summed E-state index contributed by atoms with van der Waals surface area (Å²) in [6.07, 6.45) is 3.51. The molecule has 1 aliphatic heterocycles. The molecule has 1 fully saturated rings. The van der Waals surface area contributed by atoms with E-state index in [9.17, 15) is 9.59 Å². The van der Waals surface area contributed by atoms with E-state index < -0.39 is 0 Å². The van der Waals surface area contributed by atoms with Gasteiger partial charge in [0.05, 0.1) is 17.0 Å². The Morgan fingerprint density at radius 3 is 2.48 bits per heavy atom. The maximum absolute atomic E-state index is 12.8. The Balaban J connectivity index is 1.34. The van der Waals surface area contributed by atoms with Crippen LogP contribution in [0.5, 0.6) is 0 Å². The smallest absolute Gasteiger partial charge is 0.277 e. The molecule has 0 spiro atoms. The number of piperazine rings is 1. The van der Waals surface area contributed by atoms with Crippen molar-refractivity contribution in [3.05, 3.63) is 50.6 Å². The van der Waals surface area contributed by atoms with E-state index in [0.717, 1.165) is 49.9 Å². The Labute approximate surface area is 196 Å². The molecule has 3 aromatic rings. The molecule has 0 bridgehead atoms. The average Bonchev–Trinajstić information content (AvgIpc) is 3.20. The number of anilines is 1. The van der Waals surface area contributed by atoms with Crippen molar-refractivity contribution in [3.8, 4) is 10.6 Å². The summed E-state index contributed by atoms with van der Waals surface area (Å²) in [5.41, 5.74) is 2.49. The van der Waals surface area contributed by atoms with E-state index in [0.29, 0.717) is 27.7 Å². The molecule has 0 aliphatic carbocycles. The van der Waals surface area contributed by atoms with Crippen LogP contribution in [-0.4, -0.2) is 74.8 Å². The first-order chi connectivity index (χ1) is 15.8. The second-order valence-electron chi connectivity index (χ2n) is 8.08. The molecule has 1 amide bonds. The van der Waals surface area contributed by atoms with Crippen molar-refractivity contribution in [1.82, 2.24) is 34.9 Å². The lowest BCUT2D eigenvalue weighted by Crippen LogP contribution is -2.49. The predicted octanol–water partition coefficient (Wildman–Crippen LogP) is 1.17. The highest BCUT2D eigenvalue weighted by Gasteiger charge is 2.22. The number of nitrogens with one attached hydrogen (secondary N) is 1. The topological polar surface area (TPSA) is 109 Å². The zero-order valence-electron chi connectivity index (χ0n) is 19.3. The molecule has 1 aliphatic rings. The summed E-state index contributed by atoms with van der Waals surface area (Å²) in [5.74, 6) is 0.601. The zero-order valence-corrected chi connectivity index (χ0v) is 20.1. The number of nitrogens with zero attached hydrogens (tertiary/aromatic N) is 7. The molecule has 4 rings (SSSR count). The maximum atomic E-state index is 12.8. The average molecular weight is 469 g/mol. The zero-order chi connectivity index (χ0) is 23.5. The van der Waals surface area contributed by atoms with Gasteiger partial charge in [0, 0.05) is 58.7 Å². The van der Waals surface area contributed by atoms with Crippen molar-refractivity contribution in [2.45, 2.75) is 20.8 Å². The quantitative estimate of drug-likeness (QED) is 0.574. The molecule has 174 valence electrons. The largest absolute Gasteiger partial charge is 0.350 e. The van der Waals surface area contributed by atoms with Crippen molar-refractivity contribution in [3.63, 3.8) is 0 Å². The van der Waals surface area contributed by atoms with Crippen LogP contribution in [0.2, 0.25) is 0 Å². The summed E-state index contributed by atoms with van der Waals surface area (Å²) in [4.78, 5) is 43.6. The summed E-state index contributed by atoms with van der Waals surface area (Å²) in [7, 11) is 1.62. The normalized spacial score (nSPS) is 14.5. The monoisotopic (exact) mass is 468 g/mol. The van der Waals surface area contributed by atoms with Crippen LogP contribution in [0.4, 0.5) is 5.95 Å². The van der Waals surface area contributed by atoms with E-state index in [1.54, 1.807) is 26.4 Å². The maximum Gasteiger partial charge on any atom is 0.277 e. The summed E-state index contributed by atoms with van der Waals surface area (Å²) < 4.78 is 1.32. The van der Waals surface area contributed by atoms with E-state index in [-0.39, 0.29) is 11.5 Å². The van der Waals surface area contributed by atoms with Gasteiger partial charge >= 0.3 is 0 Å². The van der Waals surface area contributed by atoms with Gasteiger partial charge in [0.2, 0.25) is 5.95 Å². The molecule has 0 unspecified atom stereocenters. The number of hydrogen-bond acceptors (Lipinski definition) is 9. The first kappa shape index (κ1) is 23.0. The third kappa shape index (κ3) is 4.93. The van der Waals surface area contributed by atoms with Gasteiger partial charge in [0.15, 0.2) is 0 Å². The molecule has 0 radical (unpaired) electrons. The molecule has 0 saturated carbocycles. The van der Waals surface area contributed by atoms with E-state index in [4.69, 9.17) is 0 Å². The van der Waals surface area contributed by atoms with Crippen molar-refractivity contribution >= 4 is 23.2 Å². The van der Waals surface area contributed by atoms with Gasteiger partial charge in [-0.15, -0.1) is 11.3 Å². The molecular formula is C22H28N8O2S. The van der Waals surface area contributed by atoms with E-state index in [1.807, 2.05) is 19.9 Å². The van der Waals surface area contributed by atoms with Gasteiger partial charge in [-0.2, -0.15) is 5.10 Å². The van der Waals surface area contributed by atoms with Crippen LogP contribution in [0.1, 0.15) is 26.6 Å². The number of thiazole rings is 1. The Kier molecular flexibility index (Phi) is 6.80. The summed E-state index contributed by atoms with van der Waals surface area (Å²) in [5, 5.41) is 7.78. The van der Waals surface area contributed by atoms with Crippen LogP contribution in [0.25, 0.3) is 10.6 Å². The van der Waals surface area contributed by atoms with Crippen LogP contribution < -0.4 is 15.8 Å². The fourth-order valence-corrected chi connectivity index (χ4v) is 4.92. The van der Waals surface area contributed by atoms with Crippen LogP contribution in [0, 0.1) is 20.8 Å². The fraction of sp³-hybridized carbons (Fsp3) is 0.455. The molecule has 33 heavy (non-hydrogen) atoms. The number of amides is 1. The minimum Gasteiger partial charge on any atom is -0.350 e. The second-order valence-corrected chi connectivity index (χ2v) is 9.08. The number of aryl methyl sites for hydroxylation is 3. The number of carbonyl (C=O) groups excluding carboxylic acids is 1. The predicted molar refractivity (Wildman–Crippen MR) is 128 cm³/mol.